The fourth-order valence-electron chi connectivity index (χ4n) is 2.96. The van der Waals surface area contributed by atoms with Crippen molar-refractivity contribution >= 4 is 5.82 Å². The maximum atomic E-state index is 10.9. The first kappa shape index (κ1) is 15.9. The van der Waals surface area contributed by atoms with Gasteiger partial charge in [-0.1, -0.05) is 19.9 Å². The van der Waals surface area contributed by atoms with E-state index in [0.717, 1.165) is 35.9 Å². The highest BCUT2D eigenvalue weighted by Crippen LogP contribution is 2.33. The van der Waals surface area contributed by atoms with Crippen LogP contribution in [0.1, 0.15) is 49.6 Å². The zero-order chi connectivity index (χ0) is 16.4. The van der Waals surface area contributed by atoms with Crippen LogP contribution in [0.2, 0.25) is 0 Å². The first-order valence-electron chi connectivity index (χ1n) is 8.20. The number of pyridine rings is 1. The number of rotatable bonds is 3. The second-order valence-corrected chi connectivity index (χ2v) is 6.70. The average Bonchev–Trinajstić information content (AvgIpc) is 2.56. The van der Waals surface area contributed by atoms with Crippen molar-refractivity contribution in [2.24, 2.45) is 0 Å². The van der Waals surface area contributed by atoms with Gasteiger partial charge in [0.25, 0.3) is 0 Å². The SMILES string of the molecule is Cc1ccc(C2(O)CCN(c3cc(C(C)C)ncn3)CC2)nc1. The van der Waals surface area contributed by atoms with Gasteiger partial charge in [0.1, 0.15) is 17.7 Å². The van der Waals surface area contributed by atoms with Gasteiger partial charge in [-0.15, -0.1) is 0 Å². The Labute approximate surface area is 137 Å². The van der Waals surface area contributed by atoms with E-state index in [1.54, 1.807) is 6.33 Å². The van der Waals surface area contributed by atoms with Gasteiger partial charge >= 0.3 is 0 Å². The Bertz CT molecular complexity index is 661. The number of aliphatic hydroxyl groups is 1. The fraction of sp³-hybridized carbons (Fsp3) is 0.500. The lowest BCUT2D eigenvalue weighted by Gasteiger charge is -2.38. The molecule has 0 aliphatic carbocycles. The molecule has 2 aromatic heterocycles. The molecule has 3 heterocycles. The Morgan fingerprint density at radius 2 is 1.87 bits per heavy atom. The molecule has 5 nitrogen and oxygen atoms in total. The van der Waals surface area contributed by atoms with Crippen LogP contribution in [0.25, 0.3) is 0 Å². The monoisotopic (exact) mass is 312 g/mol. The molecule has 0 radical (unpaired) electrons. The first-order valence-corrected chi connectivity index (χ1v) is 8.20. The molecule has 23 heavy (non-hydrogen) atoms. The molecule has 122 valence electrons. The predicted octanol–water partition coefficient (Wildman–Crippen LogP) is 2.79. The van der Waals surface area contributed by atoms with Crippen LogP contribution in [0.15, 0.2) is 30.7 Å². The molecule has 1 aliphatic heterocycles. The van der Waals surface area contributed by atoms with Gasteiger partial charge in [-0.05, 0) is 37.3 Å². The van der Waals surface area contributed by atoms with Crippen molar-refractivity contribution in [3.8, 4) is 0 Å². The summed E-state index contributed by atoms with van der Waals surface area (Å²) in [6.45, 7) is 7.79. The summed E-state index contributed by atoms with van der Waals surface area (Å²) >= 11 is 0. The largest absolute Gasteiger partial charge is 0.383 e. The molecule has 3 rings (SSSR count). The normalized spacial score (nSPS) is 17.5. The second kappa shape index (κ2) is 6.24. The Morgan fingerprint density at radius 1 is 1.13 bits per heavy atom. The summed E-state index contributed by atoms with van der Waals surface area (Å²) in [5.74, 6) is 1.33. The average molecular weight is 312 g/mol. The van der Waals surface area contributed by atoms with Gasteiger partial charge < -0.3 is 10.0 Å². The number of anilines is 1. The van der Waals surface area contributed by atoms with Crippen LogP contribution >= 0.6 is 0 Å². The molecule has 0 atom stereocenters. The van der Waals surface area contributed by atoms with Crippen molar-refractivity contribution in [3.63, 3.8) is 0 Å². The number of nitrogens with zero attached hydrogens (tertiary/aromatic N) is 4. The van der Waals surface area contributed by atoms with Crippen molar-refractivity contribution in [1.29, 1.82) is 0 Å². The summed E-state index contributed by atoms with van der Waals surface area (Å²) < 4.78 is 0. The molecular weight excluding hydrogens is 288 g/mol. The van der Waals surface area contributed by atoms with Crippen LogP contribution < -0.4 is 4.90 Å². The van der Waals surface area contributed by atoms with Crippen molar-refractivity contribution in [1.82, 2.24) is 15.0 Å². The molecule has 1 aliphatic rings. The molecular formula is C18H24N4O. The molecule has 1 N–H and O–H groups in total. The number of aromatic nitrogens is 3. The van der Waals surface area contributed by atoms with Crippen molar-refractivity contribution in [2.75, 3.05) is 18.0 Å². The Balaban J connectivity index is 1.73. The lowest BCUT2D eigenvalue weighted by molar-refractivity contribution is 0.00748. The van der Waals surface area contributed by atoms with Crippen LogP contribution in [0.5, 0.6) is 0 Å². The topological polar surface area (TPSA) is 62.1 Å². The van der Waals surface area contributed by atoms with Gasteiger partial charge in [-0.3, -0.25) is 4.98 Å². The van der Waals surface area contributed by atoms with Crippen LogP contribution in [0.3, 0.4) is 0 Å². The molecule has 1 saturated heterocycles. The van der Waals surface area contributed by atoms with Crippen molar-refractivity contribution in [2.45, 2.75) is 45.1 Å². The standard InChI is InChI=1S/C18H24N4O/c1-13(2)15-10-17(21-12-20-15)22-8-6-18(23,7-9-22)16-5-4-14(3)11-19-16/h4-5,10-13,23H,6-9H2,1-3H3. The van der Waals surface area contributed by atoms with Crippen molar-refractivity contribution in [3.05, 3.63) is 47.7 Å². The highest BCUT2D eigenvalue weighted by molar-refractivity contribution is 5.40. The molecule has 0 aromatic carbocycles. The van der Waals surface area contributed by atoms with E-state index in [9.17, 15) is 5.11 Å². The van der Waals surface area contributed by atoms with Gasteiger partial charge in [0.15, 0.2) is 0 Å². The molecule has 0 bridgehead atoms. The molecule has 0 amide bonds. The van der Waals surface area contributed by atoms with Crippen LogP contribution in [-0.4, -0.2) is 33.1 Å². The summed E-state index contributed by atoms with van der Waals surface area (Å²) in [5, 5.41) is 10.9. The van der Waals surface area contributed by atoms with Gasteiger partial charge in [-0.2, -0.15) is 0 Å². The van der Waals surface area contributed by atoms with Gasteiger partial charge in [0, 0.05) is 31.0 Å². The summed E-state index contributed by atoms with van der Waals surface area (Å²) in [6, 6.07) is 6.00. The lowest BCUT2D eigenvalue weighted by Crippen LogP contribution is -2.43. The van der Waals surface area contributed by atoms with E-state index in [2.05, 4.69) is 39.8 Å². The zero-order valence-electron chi connectivity index (χ0n) is 14.0. The summed E-state index contributed by atoms with van der Waals surface area (Å²) in [7, 11) is 0. The zero-order valence-corrected chi connectivity index (χ0v) is 14.0. The Morgan fingerprint density at radius 3 is 2.48 bits per heavy atom. The quantitative estimate of drug-likeness (QED) is 0.944. The van der Waals surface area contributed by atoms with Gasteiger partial charge in [0.05, 0.1) is 5.69 Å². The Hall–Kier alpha value is -2.01. The molecule has 5 heteroatoms. The lowest BCUT2D eigenvalue weighted by atomic mass is 9.87. The molecule has 0 saturated carbocycles. The highest BCUT2D eigenvalue weighted by atomic mass is 16.3. The molecule has 1 fully saturated rings. The van der Waals surface area contributed by atoms with E-state index in [1.807, 2.05) is 25.3 Å². The van der Waals surface area contributed by atoms with Crippen LogP contribution in [-0.2, 0) is 5.60 Å². The third kappa shape index (κ3) is 3.34. The van der Waals surface area contributed by atoms with E-state index in [4.69, 9.17) is 0 Å². The van der Waals surface area contributed by atoms with Gasteiger partial charge in [0.2, 0.25) is 0 Å². The summed E-state index contributed by atoms with van der Waals surface area (Å²) in [5.41, 5.74) is 2.10. The maximum Gasteiger partial charge on any atom is 0.132 e. The minimum absolute atomic E-state index is 0.384. The van der Waals surface area contributed by atoms with Crippen LogP contribution in [0.4, 0.5) is 5.82 Å². The van der Waals surface area contributed by atoms with Crippen molar-refractivity contribution < 1.29 is 5.11 Å². The summed E-state index contributed by atoms with van der Waals surface area (Å²) in [6.07, 6.45) is 4.76. The summed E-state index contributed by atoms with van der Waals surface area (Å²) in [4.78, 5) is 15.3. The smallest absolute Gasteiger partial charge is 0.132 e. The highest BCUT2D eigenvalue weighted by Gasteiger charge is 2.35. The van der Waals surface area contributed by atoms with E-state index in [1.165, 1.54) is 0 Å². The van der Waals surface area contributed by atoms with E-state index in [0.29, 0.717) is 18.8 Å². The minimum atomic E-state index is -0.835. The minimum Gasteiger partial charge on any atom is -0.383 e. The third-order valence-electron chi connectivity index (χ3n) is 4.57. The third-order valence-corrected chi connectivity index (χ3v) is 4.57. The molecule has 0 spiro atoms. The van der Waals surface area contributed by atoms with E-state index >= 15 is 0 Å². The first-order chi connectivity index (χ1) is 11.0. The number of aryl methyl sites for hydroxylation is 1. The van der Waals surface area contributed by atoms with E-state index < -0.39 is 5.60 Å². The second-order valence-electron chi connectivity index (χ2n) is 6.70. The predicted molar refractivity (Wildman–Crippen MR) is 90.4 cm³/mol. The maximum absolute atomic E-state index is 10.9. The van der Waals surface area contributed by atoms with Crippen LogP contribution in [0, 0.1) is 6.92 Å². The number of hydrogen-bond donors (Lipinski definition) is 1. The Kier molecular flexibility index (Phi) is 4.31. The van der Waals surface area contributed by atoms with Gasteiger partial charge in [-0.25, -0.2) is 9.97 Å². The molecule has 2 aromatic rings. The molecule has 0 unspecified atom stereocenters. The van der Waals surface area contributed by atoms with E-state index in [-0.39, 0.29) is 0 Å². The number of piperidine rings is 1. The fourth-order valence-corrected chi connectivity index (χ4v) is 2.96. The number of hydrogen-bond acceptors (Lipinski definition) is 5.